The number of carbonyl (C=O) groups is 3. The molecule has 2 rings (SSSR count). The normalized spacial score (nSPS) is 15.5. The molecule has 1 aliphatic heterocycles. The highest BCUT2D eigenvalue weighted by molar-refractivity contribution is 9.10. The number of nitrogens with one attached hydrogen (secondary N) is 1. The number of pyridine rings is 1. The number of carboxylic acid groups (broad SMARTS) is 1. The highest BCUT2D eigenvalue weighted by Crippen LogP contribution is 2.22. The summed E-state index contributed by atoms with van der Waals surface area (Å²) in [6.07, 6.45) is 1.42. The lowest BCUT2D eigenvalue weighted by atomic mass is 10.2. The van der Waals surface area contributed by atoms with E-state index in [4.69, 9.17) is 5.11 Å². The molecule has 0 atom stereocenters. The summed E-state index contributed by atoms with van der Waals surface area (Å²) in [4.78, 5) is 38.9. The second-order valence-corrected chi connectivity index (χ2v) is 4.57. The lowest BCUT2D eigenvalue weighted by Gasteiger charge is -2.27. The molecule has 2 heterocycles. The topological polar surface area (TPSA) is 99.6 Å². The van der Waals surface area contributed by atoms with Crippen LogP contribution in [0.4, 0.5) is 5.82 Å². The van der Waals surface area contributed by atoms with E-state index in [2.05, 4.69) is 26.2 Å². The minimum Gasteiger partial charge on any atom is -0.478 e. The number of halogens is 1. The van der Waals surface area contributed by atoms with E-state index in [1.165, 1.54) is 17.2 Å². The van der Waals surface area contributed by atoms with Gasteiger partial charge in [-0.2, -0.15) is 0 Å². The summed E-state index contributed by atoms with van der Waals surface area (Å²) in [6, 6.07) is 1.38. The molecule has 18 heavy (non-hydrogen) atoms. The van der Waals surface area contributed by atoms with Gasteiger partial charge in [-0.15, -0.1) is 0 Å². The predicted molar refractivity (Wildman–Crippen MR) is 64.3 cm³/mol. The summed E-state index contributed by atoms with van der Waals surface area (Å²) in [6.45, 7) is -0.193. The number of nitrogens with zero attached hydrogens (tertiary/aromatic N) is 2. The van der Waals surface area contributed by atoms with Gasteiger partial charge in [-0.1, -0.05) is 0 Å². The van der Waals surface area contributed by atoms with Gasteiger partial charge in [0, 0.05) is 10.7 Å². The molecule has 1 saturated heterocycles. The van der Waals surface area contributed by atoms with Crippen LogP contribution in [0.5, 0.6) is 0 Å². The lowest BCUT2D eigenvalue weighted by Crippen LogP contribution is -2.52. The highest BCUT2D eigenvalue weighted by atomic mass is 79.9. The van der Waals surface area contributed by atoms with Crippen molar-refractivity contribution in [1.82, 2.24) is 10.3 Å². The summed E-state index contributed by atoms with van der Waals surface area (Å²) in [5.74, 6) is -2.02. The van der Waals surface area contributed by atoms with Crippen molar-refractivity contribution < 1.29 is 19.5 Å². The van der Waals surface area contributed by atoms with Crippen LogP contribution >= 0.6 is 15.9 Å². The Balaban J connectivity index is 2.41. The Labute approximate surface area is 110 Å². The van der Waals surface area contributed by atoms with E-state index in [1.807, 2.05) is 0 Å². The Hall–Kier alpha value is -1.96. The van der Waals surface area contributed by atoms with Gasteiger partial charge in [-0.3, -0.25) is 14.9 Å². The first-order valence-corrected chi connectivity index (χ1v) is 5.73. The number of imide groups is 1. The van der Waals surface area contributed by atoms with Gasteiger partial charge in [0.15, 0.2) is 0 Å². The van der Waals surface area contributed by atoms with Gasteiger partial charge in [-0.25, -0.2) is 9.78 Å². The molecular weight excluding hydrogens is 306 g/mol. The smallest absolute Gasteiger partial charge is 0.339 e. The molecule has 1 aromatic heterocycles. The average Bonchev–Trinajstić information content (AvgIpc) is 2.27. The third-order valence-electron chi connectivity index (χ3n) is 2.31. The van der Waals surface area contributed by atoms with Crippen molar-refractivity contribution in [1.29, 1.82) is 0 Å². The Morgan fingerprint density at radius 3 is 2.56 bits per heavy atom. The predicted octanol–water partition coefficient (Wildman–Crippen LogP) is 0.00510. The average molecular weight is 314 g/mol. The van der Waals surface area contributed by atoms with E-state index in [9.17, 15) is 14.4 Å². The second kappa shape index (κ2) is 4.73. The Morgan fingerprint density at radius 1 is 1.39 bits per heavy atom. The third kappa shape index (κ3) is 2.48. The number of hydrogen-bond acceptors (Lipinski definition) is 5. The number of amides is 2. The van der Waals surface area contributed by atoms with Crippen molar-refractivity contribution in [2.24, 2.45) is 0 Å². The number of rotatable bonds is 2. The SMILES string of the molecule is O=C1CN(c2ncc(Br)cc2C(=O)O)CC(=O)N1. The molecule has 94 valence electrons. The summed E-state index contributed by atoms with van der Waals surface area (Å²) in [7, 11) is 0. The van der Waals surface area contributed by atoms with Crippen LogP contribution in [0.1, 0.15) is 10.4 Å². The molecule has 0 radical (unpaired) electrons. The molecule has 0 bridgehead atoms. The first-order valence-electron chi connectivity index (χ1n) is 4.94. The van der Waals surface area contributed by atoms with Crippen LogP contribution in [-0.2, 0) is 9.59 Å². The maximum absolute atomic E-state index is 11.2. The molecule has 0 spiro atoms. The minimum atomic E-state index is -1.17. The maximum atomic E-state index is 11.2. The van der Waals surface area contributed by atoms with Gasteiger partial charge < -0.3 is 10.0 Å². The highest BCUT2D eigenvalue weighted by Gasteiger charge is 2.27. The van der Waals surface area contributed by atoms with E-state index < -0.39 is 17.8 Å². The van der Waals surface area contributed by atoms with E-state index in [-0.39, 0.29) is 24.5 Å². The van der Waals surface area contributed by atoms with Crippen LogP contribution in [0.2, 0.25) is 0 Å². The fraction of sp³-hybridized carbons (Fsp3) is 0.200. The van der Waals surface area contributed by atoms with Crippen LogP contribution in [0.25, 0.3) is 0 Å². The van der Waals surface area contributed by atoms with E-state index in [0.717, 1.165) is 0 Å². The Kier molecular flexibility index (Phi) is 3.28. The number of carbonyl (C=O) groups excluding carboxylic acids is 2. The molecular formula is C10H8BrN3O4. The number of aromatic nitrogens is 1. The molecule has 1 aliphatic rings. The fourth-order valence-corrected chi connectivity index (χ4v) is 1.96. The first-order chi connectivity index (χ1) is 8.47. The number of carboxylic acids is 1. The molecule has 0 aromatic carbocycles. The quantitative estimate of drug-likeness (QED) is 0.746. The Bertz CT molecular complexity index is 530. The standard InChI is InChI=1S/C10H8BrN3O4/c11-5-1-6(10(17)18)9(12-2-5)14-3-7(15)13-8(16)4-14/h1-2H,3-4H2,(H,17,18)(H,13,15,16). The lowest BCUT2D eigenvalue weighted by molar-refractivity contribution is -0.130. The molecule has 0 aliphatic carbocycles. The number of aromatic carboxylic acids is 1. The van der Waals surface area contributed by atoms with Crippen molar-refractivity contribution in [3.05, 3.63) is 22.3 Å². The van der Waals surface area contributed by atoms with Crippen molar-refractivity contribution in [2.45, 2.75) is 0 Å². The molecule has 1 aromatic rings. The zero-order valence-corrected chi connectivity index (χ0v) is 10.6. The van der Waals surface area contributed by atoms with Crippen molar-refractivity contribution in [2.75, 3.05) is 18.0 Å². The number of piperazine rings is 1. The molecule has 2 N–H and O–H groups in total. The van der Waals surface area contributed by atoms with Crippen LogP contribution in [0.15, 0.2) is 16.7 Å². The van der Waals surface area contributed by atoms with Gasteiger partial charge in [-0.05, 0) is 22.0 Å². The van der Waals surface area contributed by atoms with E-state index >= 15 is 0 Å². The number of hydrogen-bond donors (Lipinski definition) is 2. The number of anilines is 1. The Morgan fingerprint density at radius 2 is 2.00 bits per heavy atom. The molecule has 0 unspecified atom stereocenters. The first kappa shape index (κ1) is 12.5. The maximum Gasteiger partial charge on any atom is 0.339 e. The van der Waals surface area contributed by atoms with E-state index in [1.54, 1.807) is 0 Å². The van der Waals surface area contributed by atoms with Gasteiger partial charge in [0.05, 0.1) is 13.1 Å². The van der Waals surface area contributed by atoms with Gasteiger partial charge in [0.1, 0.15) is 11.4 Å². The molecule has 1 fully saturated rings. The second-order valence-electron chi connectivity index (χ2n) is 3.66. The zero-order chi connectivity index (χ0) is 13.3. The van der Waals surface area contributed by atoms with Gasteiger partial charge >= 0.3 is 5.97 Å². The van der Waals surface area contributed by atoms with Gasteiger partial charge in [0.2, 0.25) is 11.8 Å². The van der Waals surface area contributed by atoms with Crippen molar-refractivity contribution in [3.63, 3.8) is 0 Å². The monoisotopic (exact) mass is 313 g/mol. The molecule has 7 nitrogen and oxygen atoms in total. The third-order valence-corrected chi connectivity index (χ3v) is 2.74. The van der Waals surface area contributed by atoms with Crippen LogP contribution < -0.4 is 10.2 Å². The molecule has 0 saturated carbocycles. The summed E-state index contributed by atoms with van der Waals surface area (Å²) < 4.78 is 0.511. The fourth-order valence-electron chi connectivity index (χ4n) is 1.63. The van der Waals surface area contributed by atoms with Crippen molar-refractivity contribution in [3.8, 4) is 0 Å². The minimum absolute atomic E-state index is 0.0631. The molecule has 8 heteroatoms. The molecule has 2 amide bonds. The van der Waals surface area contributed by atoms with E-state index in [0.29, 0.717) is 4.47 Å². The summed E-state index contributed by atoms with van der Waals surface area (Å²) in [5, 5.41) is 11.2. The zero-order valence-electron chi connectivity index (χ0n) is 9.01. The van der Waals surface area contributed by atoms with Crippen LogP contribution in [-0.4, -0.2) is 41.0 Å². The largest absolute Gasteiger partial charge is 0.478 e. The summed E-state index contributed by atoms with van der Waals surface area (Å²) in [5.41, 5.74) is -0.0631. The van der Waals surface area contributed by atoms with Crippen LogP contribution in [0.3, 0.4) is 0 Å². The van der Waals surface area contributed by atoms with Crippen LogP contribution in [0, 0.1) is 0 Å². The van der Waals surface area contributed by atoms with Gasteiger partial charge in [0.25, 0.3) is 0 Å². The summed E-state index contributed by atoms with van der Waals surface area (Å²) >= 11 is 3.12. The van der Waals surface area contributed by atoms with Crippen molar-refractivity contribution >= 4 is 39.5 Å².